The minimum atomic E-state index is -0.0590. The van der Waals surface area contributed by atoms with Gasteiger partial charge in [0.15, 0.2) is 0 Å². The summed E-state index contributed by atoms with van der Waals surface area (Å²) in [5, 5.41) is 3.46. The molecule has 0 spiro atoms. The lowest BCUT2D eigenvalue weighted by atomic mass is 10.2. The van der Waals surface area contributed by atoms with E-state index in [4.69, 9.17) is 11.6 Å². The summed E-state index contributed by atoms with van der Waals surface area (Å²) in [6.07, 6.45) is 0.981. The standard InChI is InChI=1S/C12H17ClN2O/c1-15(2)8-4-7-14-12(16)10-5-3-6-11(13)9-10/h3,5-6,9H,4,7-8H2,1-2H3,(H,14,16)/p+1. The minimum Gasteiger partial charge on any atom is -0.352 e. The maximum absolute atomic E-state index is 11.7. The highest BCUT2D eigenvalue weighted by Gasteiger charge is 2.04. The van der Waals surface area contributed by atoms with E-state index in [2.05, 4.69) is 19.4 Å². The molecule has 1 aromatic carbocycles. The Kier molecular flexibility index (Phi) is 5.29. The van der Waals surface area contributed by atoms with Gasteiger partial charge in [-0.3, -0.25) is 4.79 Å². The van der Waals surface area contributed by atoms with E-state index in [0.717, 1.165) is 13.0 Å². The summed E-state index contributed by atoms with van der Waals surface area (Å²) in [5.74, 6) is -0.0590. The fourth-order valence-corrected chi connectivity index (χ4v) is 1.57. The molecule has 1 amide bonds. The Bertz CT molecular complexity index is 353. The Balaban J connectivity index is 2.35. The van der Waals surface area contributed by atoms with Crippen LogP contribution in [-0.4, -0.2) is 33.1 Å². The summed E-state index contributed by atoms with van der Waals surface area (Å²) in [4.78, 5) is 13.1. The number of rotatable bonds is 5. The maximum Gasteiger partial charge on any atom is 0.251 e. The molecule has 0 aliphatic carbocycles. The Morgan fingerprint density at radius 2 is 2.19 bits per heavy atom. The molecule has 0 heterocycles. The van der Waals surface area contributed by atoms with Gasteiger partial charge in [-0.05, 0) is 18.2 Å². The third-order valence-electron chi connectivity index (χ3n) is 2.23. The zero-order valence-corrected chi connectivity index (χ0v) is 10.5. The van der Waals surface area contributed by atoms with Gasteiger partial charge in [0, 0.05) is 23.6 Å². The van der Waals surface area contributed by atoms with E-state index in [1.54, 1.807) is 24.3 Å². The highest BCUT2D eigenvalue weighted by molar-refractivity contribution is 6.30. The van der Waals surface area contributed by atoms with Gasteiger partial charge in [-0.2, -0.15) is 0 Å². The highest BCUT2D eigenvalue weighted by atomic mass is 35.5. The lowest BCUT2D eigenvalue weighted by molar-refractivity contribution is -0.858. The van der Waals surface area contributed by atoms with Gasteiger partial charge in [-0.25, -0.2) is 0 Å². The Morgan fingerprint density at radius 3 is 2.81 bits per heavy atom. The molecule has 0 saturated carbocycles. The van der Waals surface area contributed by atoms with Crippen molar-refractivity contribution in [2.45, 2.75) is 6.42 Å². The number of amides is 1. The molecule has 0 unspecified atom stereocenters. The van der Waals surface area contributed by atoms with Gasteiger partial charge in [0.05, 0.1) is 20.6 Å². The molecule has 0 atom stereocenters. The number of hydrogen-bond donors (Lipinski definition) is 2. The van der Waals surface area contributed by atoms with Gasteiger partial charge in [-0.1, -0.05) is 17.7 Å². The topological polar surface area (TPSA) is 33.5 Å². The van der Waals surface area contributed by atoms with E-state index >= 15 is 0 Å². The van der Waals surface area contributed by atoms with Crippen molar-refractivity contribution in [3.63, 3.8) is 0 Å². The van der Waals surface area contributed by atoms with Gasteiger partial charge >= 0.3 is 0 Å². The van der Waals surface area contributed by atoms with Crippen LogP contribution >= 0.6 is 11.6 Å². The van der Waals surface area contributed by atoms with Crippen LogP contribution in [0.25, 0.3) is 0 Å². The second kappa shape index (κ2) is 6.51. The zero-order chi connectivity index (χ0) is 12.0. The number of carbonyl (C=O) groups is 1. The molecule has 88 valence electrons. The van der Waals surface area contributed by atoms with Crippen LogP contribution in [-0.2, 0) is 0 Å². The van der Waals surface area contributed by atoms with Crippen molar-refractivity contribution in [3.05, 3.63) is 34.9 Å². The summed E-state index contributed by atoms with van der Waals surface area (Å²) in [7, 11) is 4.19. The Hall–Kier alpha value is -1.06. The summed E-state index contributed by atoms with van der Waals surface area (Å²) >= 11 is 5.81. The first-order valence-electron chi connectivity index (χ1n) is 5.42. The molecule has 0 radical (unpaired) electrons. The highest BCUT2D eigenvalue weighted by Crippen LogP contribution is 2.10. The molecular weight excluding hydrogens is 224 g/mol. The molecule has 1 aromatic rings. The first-order chi connectivity index (χ1) is 7.59. The number of halogens is 1. The van der Waals surface area contributed by atoms with Crippen LogP contribution < -0.4 is 10.2 Å². The van der Waals surface area contributed by atoms with E-state index in [-0.39, 0.29) is 5.91 Å². The molecule has 0 aromatic heterocycles. The third-order valence-corrected chi connectivity index (χ3v) is 2.46. The predicted molar refractivity (Wildman–Crippen MR) is 66.1 cm³/mol. The molecule has 2 N–H and O–H groups in total. The van der Waals surface area contributed by atoms with Crippen LogP contribution in [0.4, 0.5) is 0 Å². The van der Waals surface area contributed by atoms with Crippen LogP contribution in [0.3, 0.4) is 0 Å². The molecule has 4 heteroatoms. The van der Waals surface area contributed by atoms with Crippen LogP contribution in [0, 0.1) is 0 Å². The lowest BCUT2D eigenvalue weighted by Gasteiger charge is -2.08. The van der Waals surface area contributed by atoms with E-state index in [0.29, 0.717) is 17.1 Å². The van der Waals surface area contributed by atoms with E-state index < -0.39 is 0 Å². The summed E-state index contributed by atoms with van der Waals surface area (Å²) in [6, 6.07) is 6.97. The summed E-state index contributed by atoms with van der Waals surface area (Å²) in [6.45, 7) is 1.76. The zero-order valence-electron chi connectivity index (χ0n) is 9.72. The Morgan fingerprint density at radius 1 is 1.44 bits per heavy atom. The first-order valence-corrected chi connectivity index (χ1v) is 5.80. The molecule has 0 fully saturated rings. The number of carbonyl (C=O) groups excluding carboxylic acids is 1. The molecule has 0 saturated heterocycles. The number of quaternary nitrogens is 1. The summed E-state index contributed by atoms with van der Waals surface area (Å²) < 4.78 is 0. The molecular formula is C12H18ClN2O+. The van der Waals surface area contributed by atoms with E-state index in [9.17, 15) is 4.79 Å². The summed E-state index contributed by atoms with van der Waals surface area (Å²) in [5.41, 5.74) is 0.615. The van der Waals surface area contributed by atoms with Crippen molar-refractivity contribution in [3.8, 4) is 0 Å². The van der Waals surface area contributed by atoms with Gasteiger partial charge in [0.25, 0.3) is 5.91 Å². The monoisotopic (exact) mass is 241 g/mol. The molecule has 0 aliphatic rings. The number of benzene rings is 1. The van der Waals surface area contributed by atoms with Gasteiger partial charge < -0.3 is 10.2 Å². The molecule has 16 heavy (non-hydrogen) atoms. The van der Waals surface area contributed by atoms with Crippen molar-refractivity contribution < 1.29 is 9.69 Å². The predicted octanol–water partition coefficient (Wildman–Crippen LogP) is 0.604. The number of hydrogen-bond acceptors (Lipinski definition) is 1. The molecule has 0 bridgehead atoms. The van der Waals surface area contributed by atoms with Crippen molar-refractivity contribution in [2.75, 3.05) is 27.2 Å². The fourth-order valence-electron chi connectivity index (χ4n) is 1.38. The van der Waals surface area contributed by atoms with Gasteiger partial charge in [0.2, 0.25) is 0 Å². The Labute approximate surface area is 101 Å². The molecule has 0 aliphatic heterocycles. The van der Waals surface area contributed by atoms with Crippen LogP contribution in [0.2, 0.25) is 5.02 Å². The quantitative estimate of drug-likeness (QED) is 0.728. The smallest absolute Gasteiger partial charge is 0.251 e. The second-order valence-electron chi connectivity index (χ2n) is 4.08. The van der Waals surface area contributed by atoms with Crippen molar-refractivity contribution in [2.24, 2.45) is 0 Å². The largest absolute Gasteiger partial charge is 0.352 e. The van der Waals surface area contributed by atoms with Crippen molar-refractivity contribution in [1.29, 1.82) is 0 Å². The average Bonchev–Trinajstić information content (AvgIpc) is 2.24. The normalized spacial score (nSPS) is 10.5. The average molecular weight is 242 g/mol. The molecule has 3 nitrogen and oxygen atoms in total. The minimum absolute atomic E-state index is 0.0590. The second-order valence-corrected chi connectivity index (χ2v) is 4.51. The fraction of sp³-hybridized carbons (Fsp3) is 0.417. The van der Waals surface area contributed by atoms with Gasteiger partial charge in [0.1, 0.15) is 0 Å². The van der Waals surface area contributed by atoms with Crippen LogP contribution in [0.5, 0.6) is 0 Å². The van der Waals surface area contributed by atoms with Gasteiger partial charge in [-0.15, -0.1) is 0 Å². The number of nitrogens with one attached hydrogen (secondary N) is 2. The maximum atomic E-state index is 11.7. The molecule has 1 rings (SSSR count). The van der Waals surface area contributed by atoms with Crippen LogP contribution in [0.15, 0.2) is 24.3 Å². The third kappa shape index (κ3) is 4.64. The SMILES string of the molecule is C[NH+](C)CCCNC(=O)c1cccc(Cl)c1. The van der Waals surface area contributed by atoms with Crippen molar-refractivity contribution in [1.82, 2.24) is 5.32 Å². The lowest BCUT2D eigenvalue weighted by Crippen LogP contribution is -3.05. The van der Waals surface area contributed by atoms with Crippen molar-refractivity contribution >= 4 is 17.5 Å². The van der Waals surface area contributed by atoms with E-state index in [1.165, 1.54) is 4.90 Å². The van der Waals surface area contributed by atoms with Crippen LogP contribution in [0.1, 0.15) is 16.8 Å². The first kappa shape index (κ1) is 13.0. The van der Waals surface area contributed by atoms with E-state index in [1.807, 2.05) is 0 Å².